The number of thioether (sulfide) groups is 1. The van der Waals surface area contributed by atoms with Gasteiger partial charge in [-0.15, -0.1) is 0 Å². The van der Waals surface area contributed by atoms with Crippen molar-refractivity contribution in [3.8, 4) is 0 Å². The Hall–Kier alpha value is -0.970. The van der Waals surface area contributed by atoms with Gasteiger partial charge in [-0.2, -0.15) is 0 Å². The molecule has 1 rings (SSSR count). The van der Waals surface area contributed by atoms with Crippen LogP contribution in [0.3, 0.4) is 0 Å². The second kappa shape index (κ2) is 9.02. The summed E-state index contributed by atoms with van der Waals surface area (Å²) in [6.45, 7) is 4.46. The van der Waals surface area contributed by atoms with Crippen LogP contribution in [-0.4, -0.2) is 29.3 Å². The summed E-state index contributed by atoms with van der Waals surface area (Å²) in [5.41, 5.74) is 0. The molecule has 1 atom stereocenters. The molecule has 1 aromatic rings. The second-order valence-electron chi connectivity index (χ2n) is 4.65. The lowest BCUT2D eigenvalue weighted by molar-refractivity contribution is 0.562. The van der Waals surface area contributed by atoms with Gasteiger partial charge in [-0.1, -0.05) is 44.9 Å². The predicted octanol–water partition coefficient (Wildman–Crippen LogP) is 4.01. The Labute approximate surface area is 121 Å². The highest BCUT2D eigenvalue weighted by Gasteiger charge is 2.10. The van der Waals surface area contributed by atoms with Gasteiger partial charge in [-0.05, 0) is 19.1 Å². The Morgan fingerprint density at radius 3 is 2.47 bits per heavy atom. The van der Waals surface area contributed by atoms with Crippen LogP contribution in [0.5, 0.6) is 0 Å². The van der Waals surface area contributed by atoms with Crippen LogP contribution in [-0.2, 0) is 0 Å². The molecule has 0 saturated heterocycles. The monoisotopic (exact) mass is 282 g/mol. The van der Waals surface area contributed by atoms with Crippen LogP contribution in [0.4, 0.5) is 11.6 Å². The molecule has 0 saturated carbocycles. The third-order valence-corrected chi connectivity index (χ3v) is 3.59. The van der Waals surface area contributed by atoms with Crippen molar-refractivity contribution >= 4 is 23.4 Å². The second-order valence-corrected chi connectivity index (χ2v) is 5.42. The van der Waals surface area contributed by atoms with Gasteiger partial charge in [0, 0.05) is 19.2 Å². The molecule has 5 heteroatoms. The predicted molar refractivity (Wildman–Crippen MR) is 85.2 cm³/mol. The van der Waals surface area contributed by atoms with Crippen LogP contribution in [0.15, 0.2) is 11.2 Å². The molecule has 0 aliphatic rings. The number of hydrogen-bond acceptors (Lipinski definition) is 5. The topological polar surface area (TPSA) is 49.8 Å². The first kappa shape index (κ1) is 16.1. The van der Waals surface area contributed by atoms with Gasteiger partial charge in [0.25, 0.3) is 0 Å². The molecule has 4 nitrogen and oxygen atoms in total. The Bertz CT molecular complexity index is 348. The molecule has 0 aliphatic heterocycles. The number of nitrogens with zero attached hydrogens (tertiary/aromatic N) is 2. The summed E-state index contributed by atoms with van der Waals surface area (Å²) in [6, 6.07) is 2.49. The third-order valence-electron chi connectivity index (χ3n) is 3.04. The van der Waals surface area contributed by atoms with Gasteiger partial charge in [-0.25, -0.2) is 9.97 Å². The van der Waals surface area contributed by atoms with Gasteiger partial charge < -0.3 is 10.6 Å². The molecule has 0 radical (unpaired) electrons. The van der Waals surface area contributed by atoms with Crippen LogP contribution in [0.2, 0.25) is 0 Å². The fourth-order valence-corrected chi connectivity index (χ4v) is 2.39. The summed E-state index contributed by atoms with van der Waals surface area (Å²) in [4.78, 5) is 8.92. The van der Waals surface area contributed by atoms with Gasteiger partial charge in [0.1, 0.15) is 11.6 Å². The average molecular weight is 282 g/mol. The van der Waals surface area contributed by atoms with Crippen LogP contribution >= 0.6 is 11.8 Å². The number of aromatic nitrogens is 2. The molecule has 0 fully saturated rings. The van der Waals surface area contributed by atoms with Crippen LogP contribution < -0.4 is 10.6 Å². The van der Waals surface area contributed by atoms with Crippen molar-refractivity contribution < 1.29 is 0 Å². The van der Waals surface area contributed by atoms with E-state index >= 15 is 0 Å². The maximum Gasteiger partial charge on any atom is 0.191 e. The van der Waals surface area contributed by atoms with Crippen molar-refractivity contribution in [2.24, 2.45) is 0 Å². The van der Waals surface area contributed by atoms with Gasteiger partial charge >= 0.3 is 0 Å². The quantitative estimate of drug-likeness (QED) is 0.529. The van der Waals surface area contributed by atoms with Crippen molar-refractivity contribution in [1.29, 1.82) is 0 Å². The lowest BCUT2D eigenvalue weighted by Crippen LogP contribution is -2.20. The number of hydrogen-bond donors (Lipinski definition) is 2. The number of anilines is 2. The highest BCUT2D eigenvalue weighted by atomic mass is 32.2. The number of rotatable bonds is 9. The fourth-order valence-electron chi connectivity index (χ4n) is 2.02. The largest absolute Gasteiger partial charge is 0.373 e. The Morgan fingerprint density at radius 1 is 1.16 bits per heavy atom. The van der Waals surface area contributed by atoms with E-state index in [0.717, 1.165) is 16.8 Å². The minimum Gasteiger partial charge on any atom is -0.373 e. The van der Waals surface area contributed by atoms with Crippen molar-refractivity contribution in [3.05, 3.63) is 6.07 Å². The van der Waals surface area contributed by atoms with Gasteiger partial charge in [0.2, 0.25) is 0 Å². The van der Waals surface area contributed by atoms with Crippen LogP contribution in [0.25, 0.3) is 0 Å². The molecule has 0 amide bonds. The Morgan fingerprint density at radius 2 is 1.89 bits per heavy atom. The van der Waals surface area contributed by atoms with E-state index in [0.29, 0.717) is 6.04 Å². The molecular weight excluding hydrogens is 256 g/mol. The molecule has 0 bridgehead atoms. The van der Waals surface area contributed by atoms with Crippen molar-refractivity contribution in [3.63, 3.8) is 0 Å². The standard InChI is InChI=1S/C14H26N4S/c1-5-7-9-11(8-6-2)16-13-10-12(15-3)17-14(18-13)19-4/h10-11H,5-9H2,1-4H3,(H2,15,16,17,18). The summed E-state index contributed by atoms with van der Waals surface area (Å²) in [5, 5.41) is 7.45. The number of unbranched alkanes of at least 4 members (excludes halogenated alkanes) is 1. The SMILES string of the molecule is CCCCC(CCC)Nc1cc(NC)nc(SC)n1. The molecule has 1 unspecified atom stereocenters. The summed E-state index contributed by atoms with van der Waals surface area (Å²) < 4.78 is 0. The molecule has 0 spiro atoms. The van der Waals surface area contributed by atoms with E-state index in [4.69, 9.17) is 0 Å². The fraction of sp³-hybridized carbons (Fsp3) is 0.714. The highest BCUT2D eigenvalue weighted by Crippen LogP contribution is 2.19. The minimum absolute atomic E-state index is 0.513. The highest BCUT2D eigenvalue weighted by molar-refractivity contribution is 7.98. The third kappa shape index (κ3) is 5.68. The molecule has 108 valence electrons. The van der Waals surface area contributed by atoms with Crippen molar-refractivity contribution in [2.45, 2.75) is 57.1 Å². The van der Waals surface area contributed by atoms with E-state index in [2.05, 4.69) is 34.4 Å². The molecule has 1 aromatic heterocycles. The van der Waals surface area contributed by atoms with Gasteiger partial charge in [0.05, 0.1) is 0 Å². The maximum absolute atomic E-state index is 4.53. The summed E-state index contributed by atoms with van der Waals surface area (Å²) >= 11 is 1.57. The van der Waals surface area contributed by atoms with E-state index in [1.807, 2.05) is 19.4 Å². The zero-order chi connectivity index (χ0) is 14.1. The molecule has 0 aliphatic carbocycles. The maximum atomic E-state index is 4.53. The normalized spacial score (nSPS) is 12.2. The molecule has 0 aromatic carbocycles. The first-order valence-electron chi connectivity index (χ1n) is 7.10. The smallest absolute Gasteiger partial charge is 0.191 e. The molecule has 19 heavy (non-hydrogen) atoms. The molecular formula is C14H26N4S. The average Bonchev–Trinajstić information content (AvgIpc) is 2.44. The molecule has 1 heterocycles. The van der Waals surface area contributed by atoms with E-state index in [-0.39, 0.29) is 0 Å². The lowest BCUT2D eigenvalue weighted by Gasteiger charge is -2.19. The van der Waals surface area contributed by atoms with Crippen LogP contribution in [0, 0.1) is 0 Å². The van der Waals surface area contributed by atoms with Crippen LogP contribution in [0.1, 0.15) is 46.0 Å². The van der Waals surface area contributed by atoms with Crippen molar-refractivity contribution in [2.75, 3.05) is 23.9 Å². The summed E-state index contributed by atoms with van der Waals surface area (Å²) in [7, 11) is 1.89. The van der Waals surface area contributed by atoms with E-state index in [1.54, 1.807) is 11.8 Å². The first-order chi connectivity index (χ1) is 9.23. The summed E-state index contributed by atoms with van der Waals surface area (Å²) in [6.07, 6.45) is 8.09. The molecule has 2 N–H and O–H groups in total. The van der Waals surface area contributed by atoms with Gasteiger partial charge in [-0.3, -0.25) is 0 Å². The van der Waals surface area contributed by atoms with E-state index in [9.17, 15) is 0 Å². The van der Waals surface area contributed by atoms with Gasteiger partial charge in [0.15, 0.2) is 5.16 Å². The van der Waals surface area contributed by atoms with Crippen molar-refractivity contribution in [1.82, 2.24) is 9.97 Å². The first-order valence-corrected chi connectivity index (χ1v) is 8.33. The number of nitrogens with one attached hydrogen (secondary N) is 2. The van der Waals surface area contributed by atoms with E-state index in [1.165, 1.54) is 32.1 Å². The Balaban J connectivity index is 2.76. The Kier molecular flexibility index (Phi) is 7.63. The summed E-state index contributed by atoms with van der Waals surface area (Å²) in [5.74, 6) is 1.80. The minimum atomic E-state index is 0.513. The zero-order valence-corrected chi connectivity index (χ0v) is 13.3. The van der Waals surface area contributed by atoms with E-state index < -0.39 is 0 Å². The lowest BCUT2D eigenvalue weighted by atomic mass is 10.1. The zero-order valence-electron chi connectivity index (χ0n) is 12.5.